The lowest BCUT2D eigenvalue weighted by Crippen LogP contribution is -2.21. The van der Waals surface area contributed by atoms with Crippen molar-refractivity contribution < 1.29 is 18.3 Å². The van der Waals surface area contributed by atoms with E-state index in [1.807, 2.05) is 0 Å². The number of rotatable bonds is 3. The van der Waals surface area contributed by atoms with Crippen LogP contribution in [-0.4, -0.2) is 24.7 Å². The number of hydrogen-bond donors (Lipinski definition) is 1. The third kappa shape index (κ3) is 2.84. The Morgan fingerprint density at radius 3 is 2.68 bits per heavy atom. The van der Waals surface area contributed by atoms with Gasteiger partial charge in [0.05, 0.1) is 40.5 Å². The summed E-state index contributed by atoms with van der Waals surface area (Å²) in [5.74, 6) is 0. The number of fused-ring (bicyclic) bond motifs is 1. The average molecular weight is 389 g/mol. The Labute approximate surface area is 156 Å². The molecule has 144 valence electrons. The van der Waals surface area contributed by atoms with Crippen molar-refractivity contribution in [2.45, 2.75) is 31.2 Å². The molecule has 1 aromatic carbocycles. The number of aliphatic hydroxyl groups is 1. The molecule has 2 heterocycles. The van der Waals surface area contributed by atoms with Gasteiger partial charge >= 0.3 is 6.18 Å². The van der Waals surface area contributed by atoms with Crippen molar-refractivity contribution in [3.05, 3.63) is 57.1 Å². The highest BCUT2D eigenvalue weighted by molar-refractivity contribution is 5.80. The van der Waals surface area contributed by atoms with E-state index < -0.39 is 23.4 Å². The molecule has 3 aromatic rings. The summed E-state index contributed by atoms with van der Waals surface area (Å²) in [6, 6.07) is 4.42. The second-order valence-corrected chi connectivity index (χ2v) is 6.71. The molecule has 2 aromatic heterocycles. The Balaban J connectivity index is 1.82. The molecule has 0 amide bonds. The Hall–Kier alpha value is -3.19. The van der Waals surface area contributed by atoms with Gasteiger partial charge in [0.1, 0.15) is 6.10 Å². The van der Waals surface area contributed by atoms with Crippen LogP contribution >= 0.6 is 0 Å². The van der Waals surface area contributed by atoms with E-state index in [2.05, 4.69) is 10.2 Å². The standard InChI is InChI=1S/C18H14F3N5O2/c1-25-15(12-8-23-26(11-3-4-11)17(28)14(12)24-25)16(27)9-2-5-13(18(19,20)21)10(6-9)7-22/h2,5-6,8,11,16,27H,3-4H2,1H3. The maximum Gasteiger partial charge on any atom is 0.417 e. The van der Waals surface area contributed by atoms with Gasteiger partial charge in [-0.1, -0.05) is 6.07 Å². The SMILES string of the molecule is Cn1nc2c(=O)n(C3CC3)ncc2c1C(O)c1ccc(C(F)(F)F)c(C#N)c1. The van der Waals surface area contributed by atoms with Crippen LogP contribution in [0.4, 0.5) is 13.2 Å². The topological polar surface area (TPSA) is 96.7 Å². The lowest BCUT2D eigenvalue weighted by Gasteiger charge is -2.15. The van der Waals surface area contributed by atoms with Crippen LogP contribution in [0.3, 0.4) is 0 Å². The molecule has 7 nitrogen and oxygen atoms in total. The summed E-state index contributed by atoms with van der Waals surface area (Å²) < 4.78 is 41.6. The van der Waals surface area contributed by atoms with Crippen molar-refractivity contribution in [1.82, 2.24) is 19.6 Å². The zero-order valence-electron chi connectivity index (χ0n) is 14.6. The molecule has 28 heavy (non-hydrogen) atoms. The van der Waals surface area contributed by atoms with E-state index in [0.717, 1.165) is 31.0 Å². The number of halogens is 3. The van der Waals surface area contributed by atoms with Crippen molar-refractivity contribution >= 4 is 10.9 Å². The number of hydrogen-bond acceptors (Lipinski definition) is 5. The van der Waals surface area contributed by atoms with Gasteiger partial charge in [0.2, 0.25) is 0 Å². The van der Waals surface area contributed by atoms with Gasteiger partial charge in [-0.05, 0) is 30.5 Å². The van der Waals surface area contributed by atoms with Gasteiger partial charge in [0, 0.05) is 7.05 Å². The van der Waals surface area contributed by atoms with Gasteiger partial charge < -0.3 is 5.11 Å². The molecule has 0 saturated heterocycles. The number of aliphatic hydroxyl groups excluding tert-OH is 1. The van der Waals surface area contributed by atoms with Gasteiger partial charge in [-0.15, -0.1) is 0 Å². The fraction of sp³-hybridized carbons (Fsp3) is 0.333. The van der Waals surface area contributed by atoms with Crippen molar-refractivity contribution in [3.63, 3.8) is 0 Å². The highest BCUT2D eigenvalue weighted by atomic mass is 19.4. The second kappa shape index (κ2) is 6.17. The number of nitriles is 1. The van der Waals surface area contributed by atoms with E-state index in [0.29, 0.717) is 5.39 Å². The first-order chi connectivity index (χ1) is 13.2. The monoisotopic (exact) mass is 389 g/mol. The summed E-state index contributed by atoms with van der Waals surface area (Å²) in [5.41, 5.74) is -1.61. The van der Waals surface area contributed by atoms with E-state index >= 15 is 0 Å². The minimum absolute atomic E-state index is 0.0559. The molecule has 0 bridgehead atoms. The van der Waals surface area contributed by atoms with Crippen molar-refractivity contribution in [2.75, 3.05) is 0 Å². The predicted molar refractivity (Wildman–Crippen MR) is 91.3 cm³/mol. The van der Waals surface area contributed by atoms with Crippen molar-refractivity contribution in [2.24, 2.45) is 7.05 Å². The number of aryl methyl sites for hydroxylation is 1. The zero-order chi connectivity index (χ0) is 20.2. The van der Waals surface area contributed by atoms with Crippen LogP contribution in [0.1, 0.15) is 47.4 Å². The van der Waals surface area contributed by atoms with E-state index in [4.69, 9.17) is 5.26 Å². The summed E-state index contributed by atoms with van der Waals surface area (Å²) in [4.78, 5) is 12.6. The molecule has 10 heteroatoms. The molecule has 0 spiro atoms. The first-order valence-corrected chi connectivity index (χ1v) is 8.46. The Kier molecular flexibility index (Phi) is 4.01. The average Bonchev–Trinajstić information content (AvgIpc) is 3.42. The van der Waals surface area contributed by atoms with Gasteiger partial charge in [-0.2, -0.15) is 28.6 Å². The van der Waals surface area contributed by atoms with Crippen LogP contribution < -0.4 is 5.56 Å². The smallest absolute Gasteiger partial charge is 0.382 e. The molecule has 1 aliphatic carbocycles. The third-order valence-corrected chi connectivity index (χ3v) is 4.79. The van der Waals surface area contributed by atoms with Crippen LogP contribution in [0.15, 0.2) is 29.2 Å². The minimum atomic E-state index is -4.68. The molecule has 1 saturated carbocycles. The van der Waals surface area contributed by atoms with E-state index in [-0.39, 0.29) is 28.4 Å². The quantitative estimate of drug-likeness (QED) is 0.742. The second-order valence-electron chi connectivity index (χ2n) is 6.71. The molecule has 4 rings (SSSR count). The fourth-order valence-electron chi connectivity index (χ4n) is 3.25. The normalized spacial score (nSPS) is 15.6. The number of alkyl halides is 3. The Morgan fingerprint density at radius 2 is 2.07 bits per heavy atom. The molecule has 1 atom stereocenters. The summed E-state index contributed by atoms with van der Waals surface area (Å²) in [6.07, 6.45) is -2.91. The molecule has 0 radical (unpaired) electrons. The zero-order valence-corrected chi connectivity index (χ0v) is 14.6. The van der Waals surface area contributed by atoms with E-state index in [1.54, 1.807) is 0 Å². The predicted octanol–water partition coefficient (Wildman–Crippen LogP) is 2.44. The first kappa shape index (κ1) is 18.2. The maximum absolute atomic E-state index is 13.0. The molecule has 1 N–H and O–H groups in total. The molecular weight excluding hydrogens is 375 g/mol. The van der Waals surface area contributed by atoms with Gasteiger partial charge in [0.15, 0.2) is 5.52 Å². The van der Waals surface area contributed by atoms with Crippen molar-refractivity contribution in [3.8, 4) is 6.07 Å². The summed E-state index contributed by atoms with van der Waals surface area (Å²) in [5, 5.41) is 28.5. The lowest BCUT2D eigenvalue weighted by molar-refractivity contribution is -0.137. The van der Waals surface area contributed by atoms with Gasteiger partial charge in [-0.25, -0.2) is 4.68 Å². The maximum atomic E-state index is 13.0. The number of aromatic nitrogens is 4. The third-order valence-electron chi connectivity index (χ3n) is 4.79. The molecule has 1 aliphatic rings. The van der Waals surface area contributed by atoms with E-state index in [9.17, 15) is 23.1 Å². The van der Waals surface area contributed by atoms with E-state index in [1.165, 1.54) is 28.7 Å². The molecule has 0 aliphatic heterocycles. The molecule has 1 unspecified atom stereocenters. The van der Waals surface area contributed by atoms with Crippen LogP contribution in [-0.2, 0) is 13.2 Å². The van der Waals surface area contributed by atoms with Gasteiger partial charge in [-0.3, -0.25) is 9.48 Å². The van der Waals surface area contributed by atoms with Crippen LogP contribution in [0.25, 0.3) is 10.9 Å². The summed E-state index contributed by atoms with van der Waals surface area (Å²) in [6.45, 7) is 0. The minimum Gasteiger partial charge on any atom is -0.382 e. The summed E-state index contributed by atoms with van der Waals surface area (Å²) in [7, 11) is 1.52. The number of benzene rings is 1. The largest absolute Gasteiger partial charge is 0.417 e. The van der Waals surface area contributed by atoms with Crippen LogP contribution in [0, 0.1) is 11.3 Å². The first-order valence-electron chi connectivity index (χ1n) is 8.46. The van der Waals surface area contributed by atoms with Crippen LogP contribution in [0.5, 0.6) is 0 Å². The highest BCUT2D eigenvalue weighted by Gasteiger charge is 2.34. The highest BCUT2D eigenvalue weighted by Crippen LogP contribution is 2.36. The molecule has 1 fully saturated rings. The van der Waals surface area contributed by atoms with Crippen LogP contribution in [0.2, 0.25) is 0 Å². The molecular formula is C18H14F3N5O2. The fourth-order valence-corrected chi connectivity index (χ4v) is 3.25. The van der Waals surface area contributed by atoms with Crippen molar-refractivity contribution in [1.29, 1.82) is 5.26 Å². The Morgan fingerprint density at radius 1 is 1.36 bits per heavy atom. The lowest BCUT2D eigenvalue weighted by atomic mass is 9.98. The number of nitrogens with zero attached hydrogens (tertiary/aromatic N) is 5. The Bertz CT molecular complexity index is 1180. The summed E-state index contributed by atoms with van der Waals surface area (Å²) >= 11 is 0. The van der Waals surface area contributed by atoms with Gasteiger partial charge in [0.25, 0.3) is 5.56 Å².